The minimum Gasteiger partial charge on any atom is -0.462 e. The van der Waals surface area contributed by atoms with Crippen molar-refractivity contribution >= 4 is 6.47 Å². The molecular weight excluding hydrogens is 130 g/mol. The van der Waals surface area contributed by atoms with Crippen molar-refractivity contribution < 1.29 is 9.53 Å². The van der Waals surface area contributed by atoms with Crippen LogP contribution < -0.4 is 5.32 Å². The Labute approximate surface area is 61.8 Å². The van der Waals surface area contributed by atoms with Gasteiger partial charge in [-0.25, -0.2) is 0 Å². The first-order chi connectivity index (χ1) is 4.56. The van der Waals surface area contributed by atoms with Crippen molar-refractivity contribution in [2.45, 2.75) is 26.4 Å². The van der Waals surface area contributed by atoms with Gasteiger partial charge in [-0.2, -0.15) is 0 Å². The summed E-state index contributed by atoms with van der Waals surface area (Å²) in [5.41, 5.74) is -0.318. The second-order valence-corrected chi connectivity index (χ2v) is 3.08. The molecule has 1 heterocycles. The molecule has 0 unspecified atom stereocenters. The van der Waals surface area contributed by atoms with Gasteiger partial charge in [0.1, 0.15) is 5.60 Å². The first-order valence-corrected chi connectivity index (χ1v) is 3.38. The Balaban J connectivity index is 0.000000219. The van der Waals surface area contributed by atoms with Gasteiger partial charge in [-0.3, -0.25) is 4.79 Å². The molecule has 0 aromatic heterocycles. The fourth-order valence-corrected chi connectivity index (χ4v) is 0.144. The molecule has 1 fully saturated rings. The number of rotatable bonds is 1. The fourth-order valence-electron chi connectivity index (χ4n) is 0.144. The minimum atomic E-state index is -0.318. The molecule has 0 radical (unpaired) electrons. The number of hydrogen-bond acceptors (Lipinski definition) is 3. The number of ether oxygens (including phenoxy) is 1. The zero-order valence-electron chi connectivity index (χ0n) is 6.81. The second kappa shape index (κ2) is 4.28. The lowest BCUT2D eigenvalue weighted by molar-refractivity contribution is -0.138. The Hall–Kier alpha value is -0.570. The van der Waals surface area contributed by atoms with Crippen molar-refractivity contribution in [2.24, 2.45) is 0 Å². The van der Waals surface area contributed by atoms with Crippen LogP contribution in [0.2, 0.25) is 0 Å². The van der Waals surface area contributed by atoms with Gasteiger partial charge in [-0.05, 0) is 20.8 Å². The van der Waals surface area contributed by atoms with Crippen LogP contribution in [0.15, 0.2) is 0 Å². The number of nitrogens with one attached hydrogen (secondary N) is 1. The van der Waals surface area contributed by atoms with Crippen LogP contribution in [0.5, 0.6) is 0 Å². The Morgan fingerprint density at radius 2 is 1.80 bits per heavy atom. The molecule has 1 aliphatic rings. The third-order valence-corrected chi connectivity index (χ3v) is 0.652. The van der Waals surface area contributed by atoms with Crippen LogP contribution in [-0.4, -0.2) is 25.2 Å². The maximum atomic E-state index is 9.60. The van der Waals surface area contributed by atoms with Crippen LogP contribution in [-0.2, 0) is 9.53 Å². The van der Waals surface area contributed by atoms with E-state index >= 15 is 0 Å². The van der Waals surface area contributed by atoms with Gasteiger partial charge in [-0.15, -0.1) is 0 Å². The van der Waals surface area contributed by atoms with E-state index in [1.807, 2.05) is 20.8 Å². The summed E-state index contributed by atoms with van der Waals surface area (Å²) < 4.78 is 4.55. The lowest BCUT2D eigenvalue weighted by Gasteiger charge is -2.14. The van der Waals surface area contributed by atoms with E-state index in [0.29, 0.717) is 6.47 Å². The Morgan fingerprint density at radius 3 is 1.80 bits per heavy atom. The smallest absolute Gasteiger partial charge is 0.293 e. The number of carbonyl (C=O) groups excluding carboxylic acids is 1. The molecule has 1 N–H and O–H groups in total. The highest BCUT2D eigenvalue weighted by atomic mass is 16.5. The van der Waals surface area contributed by atoms with Crippen molar-refractivity contribution in [3.05, 3.63) is 0 Å². The van der Waals surface area contributed by atoms with Gasteiger partial charge in [0.25, 0.3) is 6.47 Å². The molecule has 0 aromatic carbocycles. The molecule has 0 bridgehead atoms. The van der Waals surface area contributed by atoms with Crippen LogP contribution in [0, 0.1) is 0 Å². The monoisotopic (exact) mass is 145 g/mol. The van der Waals surface area contributed by atoms with Crippen molar-refractivity contribution in [3.8, 4) is 0 Å². The van der Waals surface area contributed by atoms with E-state index in [9.17, 15) is 4.79 Å². The Kier molecular flexibility index (Phi) is 4.03. The van der Waals surface area contributed by atoms with Gasteiger partial charge in [-0.1, -0.05) is 0 Å². The molecule has 3 nitrogen and oxygen atoms in total. The van der Waals surface area contributed by atoms with Gasteiger partial charge in [0.15, 0.2) is 0 Å². The fraction of sp³-hybridized carbons (Fsp3) is 0.857. The molecule has 0 aromatic rings. The lowest BCUT2D eigenvalue weighted by atomic mass is 10.2. The maximum Gasteiger partial charge on any atom is 0.293 e. The summed E-state index contributed by atoms with van der Waals surface area (Å²) in [6.45, 7) is 8.42. The van der Waals surface area contributed by atoms with Crippen LogP contribution in [0.25, 0.3) is 0 Å². The van der Waals surface area contributed by atoms with Crippen molar-refractivity contribution in [1.29, 1.82) is 0 Å². The van der Waals surface area contributed by atoms with Gasteiger partial charge in [0.05, 0.1) is 0 Å². The van der Waals surface area contributed by atoms with Crippen LogP contribution >= 0.6 is 0 Å². The predicted octanol–water partition coefficient (Wildman–Crippen LogP) is 0.547. The van der Waals surface area contributed by atoms with E-state index in [1.165, 1.54) is 13.1 Å². The van der Waals surface area contributed by atoms with Crippen LogP contribution in [0.3, 0.4) is 0 Å². The molecule has 60 valence electrons. The van der Waals surface area contributed by atoms with E-state index in [4.69, 9.17) is 0 Å². The van der Waals surface area contributed by atoms with Crippen molar-refractivity contribution in [1.82, 2.24) is 5.32 Å². The second-order valence-electron chi connectivity index (χ2n) is 3.08. The van der Waals surface area contributed by atoms with Gasteiger partial charge in [0.2, 0.25) is 0 Å². The minimum absolute atomic E-state index is 0.318. The van der Waals surface area contributed by atoms with Gasteiger partial charge < -0.3 is 10.1 Å². The van der Waals surface area contributed by atoms with Crippen molar-refractivity contribution in [3.63, 3.8) is 0 Å². The molecule has 0 aliphatic carbocycles. The number of hydrogen-bond donors (Lipinski definition) is 1. The van der Waals surface area contributed by atoms with Gasteiger partial charge >= 0.3 is 0 Å². The zero-order valence-corrected chi connectivity index (χ0v) is 6.81. The Bertz CT molecular complexity index is 91.5. The highest BCUT2D eigenvalue weighted by Gasteiger charge is 2.07. The molecule has 0 saturated carbocycles. The summed E-state index contributed by atoms with van der Waals surface area (Å²) >= 11 is 0. The van der Waals surface area contributed by atoms with Crippen LogP contribution in [0.1, 0.15) is 20.8 Å². The quantitative estimate of drug-likeness (QED) is 0.433. The topological polar surface area (TPSA) is 48.2 Å². The first-order valence-electron chi connectivity index (χ1n) is 3.38. The summed E-state index contributed by atoms with van der Waals surface area (Å²) in [6.07, 6.45) is 0. The summed E-state index contributed by atoms with van der Waals surface area (Å²) in [7, 11) is 0. The molecule has 1 aliphatic heterocycles. The molecule has 10 heavy (non-hydrogen) atoms. The van der Waals surface area contributed by atoms with Crippen LogP contribution in [0.4, 0.5) is 0 Å². The normalized spacial score (nSPS) is 14.7. The SMILES string of the molecule is C1CN1.CC(C)(C)OC=O. The summed E-state index contributed by atoms with van der Waals surface area (Å²) in [6, 6.07) is 0. The average Bonchev–Trinajstić information content (AvgIpc) is 2.40. The summed E-state index contributed by atoms with van der Waals surface area (Å²) in [5.74, 6) is 0. The first kappa shape index (κ1) is 9.43. The molecule has 3 heteroatoms. The highest BCUT2D eigenvalue weighted by molar-refractivity contribution is 5.37. The summed E-state index contributed by atoms with van der Waals surface area (Å²) in [4.78, 5) is 9.60. The molecular formula is C7H15NO2. The molecule has 0 amide bonds. The van der Waals surface area contributed by atoms with E-state index in [2.05, 4.69) is 10.1 Å². The third-order valence-electron chi connectivity index (χ3n) is 0.652. The summed E-state index contributed by atoms with van der Waals surface area (Å²) in [5, 5.41) is 3.00. The zero-order chi connectivity index (χ0) is 8.04. The third kappa shape index (κ3) is 15.7. The maximum absolute atomic E-state index is 9.60. The Morgan fingerprint density at radius 1 is 1.40 bits per heavy atom. The standard InChI is InChI=1S/C5H10O2.C2H5N/c1-5(2,3)7-4-6;1-2-3-1/h4H,1-3H3;3H,1-2H2. The largest absolute Gasteiger partial charge is 0.462 e. The van der Waals surface area contributed by atoms with E-state index in [-0.39, 0.29) is 5.60 Å². The molecule has 0 spiro atoms. The van der Waals surface area contributed by atoms with E-state index < -0.39 is 0 Å². The molecule has 0 atom stereocenters. The predicted molar refractivity (Wildman–Crippen MR) is 39.8 cm³/mol. The van der Waals surface area contributed by atoms with E-state index in [0.717, 1.165) is 0 Å². The van der Waals surface area contributed by atoms with E-state index in [1.54, 1.807) is 0 Å². The molecule has 1 rings (SSSR count). The molecule has 1 saturated heterocycles. The van der Waals surface area contributed by atoms with Gasteiger partial charge in [0, 0.05) is 13.1 Å². The van der Waals surface area contributed by atoms with Crippen molar-refractivity contribution in [2.75, 3.05) is 13.1 Å². The highest BCUT2D eigenvalue weighted by Crippen LogP contribution is 2.02. The lowest BCUT2D eigenvalue weighted by Crippen LogP contribution is -2.17. The number of carbonyl (C=O) groups is 1. The average molecular weight is 145 g/mol.